The quantitative estimate of drug-likeness (QED) is 0.698. The van der Waals surface area contributed by atoms with Gasteiger partial charge in [-0.15, -0.1) is 11.3 Å². The third-order valence-corrected chi connectivity index (χ3v) is 1.99. The molecule has 2 aromatic rings. The molecule has 0 atom stereocenters. The van der Waals surface area contributed by atoms with Gasteiger partial charge < -0.3 is 10.1 Å². The van der Waals surface area contributed by atoms with E-state index in [9.17, 15) is 4.79 Å². The van der Waals surface area contributed by atoms with Crippen LogP contribution in [0.5, 0.6) is 5.88 Å². The number of nitrogens with zero attached hydrogens (tertiary/aromatic N) is 2. The van der Waals surface area contributed by atoms with Crippen LogP contribution >= 0.6 is 11.3 Å². The van der Waals surface area contributed by atoms with E-state index in [-0.39, 0.29) is 11.7 Å². The minimum atomic E-state index is -0.393. The number of H-pyrrole nitrogens is 1. The molecule has 0 aromatic carbocycles. The molecule has 13 heavy (non-hydrogen) atoms. The Morgan fingerprint density at radius 3 is 3.00 bits per heavy atom. The molecule has 0 aliphatic rings. The summed E-state index contributed by atoms with van der Waals surface area (Å²) in [5.41, 5.74) is 1.79. The Morgan fingerprint density at radius 1 is 1.54 bits per heavy atom. The molecule has 6 heteroatoms. The zero-order chi connectivity index (χ0) is 9.26. The molecule has 2 rings (SSSR count). The highest BCUT2D eigenvalue weighted by atomic mass is 32.1. The first kappa shape index (κ1) is 7.93. The summed E-state index contributed by atoms with van der Waals surface area (Å²) in [5.74, 6) is -0.0157. The molecule has 0 saturated carbocycles. The Bertz CT molecular complexity index is 463. The van der Waals surface area contributed by atoms with Crippen LogP contribution in [0.4, 0.5) is 0 Å². The standard InChI is InChI=1S/C7H5N3O2S/c11-5-1-6(12)10-7(9-5)4-2-13-3-8-4/h1-3H,(H2,9,10,11,12). The van der Waals surface area contributed by atoms with Gasteiger partial charge in [0.15, 0.2) is 5.82 Å². The van der Waals surface area contributed by atoms with Crippen molar-refractivity contribution in [3.05, 3.63) is 27.3 Å². The summed E-state index contributed by atoms with van der Waals surface area (Å²) in [6, 6.07) is 1.01. The van der Waals surface area contributed by atoms with Crippen molar-refractivity contribution in [1.82, 2.24) is 15.0 Å². The van der Waals surface area contributed by atoms with Gasteiger partial charge in [-0.2, -0.15) is 4.98 Å². The monoisotopic (exact) mass is 195 g/mol. The van der Waals surface area contributed by atoms with Gasteiger partial charge in [0.2, 0.25) is 5.88 Å². The van der Waals surface area contributed by atoms with Crippen molar-refractivity contribution < 1.29 is 5.11 Å². The average molecular weight is 195 g/mol. The number of thiazole rings is 1. The van der Waals surface area contributed by atoms with Gasteiger partial charge in [0, 0.05) is 5.38 Å². The maximum absolute atomic E-state index is 10.9. The lowest BCUT2D eigenvalue weighted by atomic mass is 10.4. The number of nitrogens with one attached hydrogen (secondary N) is 1. The Morgan fingerprint density at radius 2 is 2.38 bits per heavy atom. The molecule has 66 valence electrons. The fraction of sp³-hybridized carbons (Fsp3) is 0. The molecule has 2 heterocycles. The van der Waals surface area contributed by atoms with E-state index < -0.39 is 5.56 Å². The minimum absolute atomic E-state index is 0.284. The predicted molar refractivity (Wildman–Crippen MR) is 47.6 cm³/mol. The zero-order valence-corrected chi connectivity index (χ0v) is 7.21. The zero-order valence-electron chi connectivity index (χ0n) is 6.39. The molecule has 0 radical (unpaired) electrons. The number of hydrogen-bond donors (Lipinski definition) is 2. The summed E-state index contributed by atoms with van der Waals surface area (Å²) < 4.78 is 0. The van der Waals surface area contributed by atoms with Crippen LogP contribution in [0, 0.1) is 0 Å². The van der Waals surface area contributed by atoms with Crippen molar-refractivity contribution >= 4 is 11.3 Å². The van der Waals surface area contributed by atoms with Gasteiger partial charge in [-0.1, -0.05) is 0 Å². The first-order valence-electron chi connectivity index (χ1n) is 3.44. The topological polar surface area (TPSA) is 78.9 Å². The molecular formula is C7H5N3O2S. The van der Waals surface area contributed by atoms with E-state index in [4.69, 9.17) is 5.11 Å². The van der Waals surface area contributed by atoms with Crippen LogP contribution in [-0.2, 0) is 0 Å². The van der Waals surface area contributed by atoms with Crippen LogP contribution in [0.25, 0.3) is 11.5 Å². The first-order chi connectivity index (χ1) is 6.25. The SMILES string of the molecule is O=c1cc(O)nc(-c2cscn2)[nH]1. The minimum Gasteiger partial charge on any atom is -0.493 e. The molecule has 2 aromatic heterocycles. The van der Waals surface area contributed by atoms with E-state index in [1.807, 2.05) is 0 Å². The van der Waals surface area contributed by atoms with Gasteiger partial charge in [-0.25, -0.2) is 4.98 Å². The molecule has 0 bridgehead atoms. The van der Waals surface area contributed by atoms with E-state index >= 15 is 0 Å². The number of rotatable bonds is 1. The molecule has 5 nitrogen and oxygen atoms in total. The summed E-state index contributed by atoms with van der Waals surface area (Å²) in [6.45, 7) is 0. The van der Waals surface area contributed by atoms with Crippen molar-refractivity contribution in [2.45, 2.75) is 0 Å². The van der Waals surface area contributed by atoms with Crippen LogP contribution in [-0.4, -0.2) is 20.1 Å². The highest BCUT2D eigenvalue weighted by Crippen LogP contribution is 2.14. The van der Waals surface area contributed by atoms with Crippen molar-refractivity contribution in [2.24, 2.45) is 0 Å². The smallest absolute Gasteiger partial charge is 0.255 e. The lowest BCUT2D eigenvalue weighted by molar-refractivity contribution is 0.452. The second-order valence-corrected chi connectivity index (χ2v) is 3.04. The summed E-state index contributed by atoms with van der Waals surface area (Å²) in [4.78, 5) is 21.1. The van der Waals surface area contributed by atoms with Gasteiger partial charge in [0.1, 0.15) is 5.69 Å². The molecule has 0 aliphatic carbocycles. The Balaban J connectivity index is 2.59. The van der Waals surface area contributed by atoms with E-state index in [2.05, 4.69) is 15.0 Å². The van der Waals surface area contributed by atoms with Gasteiger partial charge >= 0.3 is 0 Å². The third kappa shape index (κ3) is 1.57. The van der Waals surface area contributed by atoms with Crippen LogP contribution < -0.4 is 5.56 Å². The summed E-state index contributed by atoms with van der Waals surface area (Å²) >= 11 is 1.39. The third-order valence-electron chi connectivity index (χ3n) is 1.40. The van der Waals surface area contributed by atoms with Gasteiger partial charge in [-0.05, 0) is 0 Å². The molecule has 0 spiro atoms. The number of aromatic nitrogens is 3. The second kappa shape index (κ2) is 2.98. The average Bonchev–Trinajstić information content (AvgIpc) is 2.53. The second-order valence-electron chi connectivity index (χ2n) is 2.33. The van der Waals surface area contributed by atoms with Gasteiger partial charge in [0.25, 0.3) is 5.56 Å². The van der Waals surface area contributed by atoms with E-state index in [0.717, 1.165) is 6.07 Å². The normalized spacial score (nSPS) is 10.2. The molecule has 0 saturated heterocycles. The van der Waals surface area contributed by atoms with E-state index in [1.165, 1.54) is 11.3 Å². The Labute approximate surface area is 76.7 Å². The van der Waals surface area contributed by atoms with Crippen LogP contribution in [0.3, 0.4) is 0 Å². The maximum Gasteiger partial charge on any atom is 0.255 e. The van der Waals surface area contributed by atoms with E-state index in [1.54, 1.807) is 10.9 Å². The molecule has 0 amide bonds. The highest BCUT2D eigenvalue weighted by Gasteiger charge is 2.03. The fourth-order valence-electron chi connectivity index (χ4n) is 0.896. The molecule has 0 aliphatic heterocycles. The number of aromatic amines is 1. The van der Waals surface area contributed by atoms with E-state index in [0.29, 0.717) is 5.69 Å². The van der Waals surface area contributed by atoms with Gasteiger partial charge in [0.05, 0.1) is 11.6 Å². The highest BCUT2D eigenvalue weighted by molar-refractivity contribution is 7.07. The lowest BCUT2D eigenvalue weighted by Crippen LogP contribution is -2.06. The van der Waals surface area contributed by atoms with Crippen molar-refractivity contribution in [2.75, 3.05) is 0 Å². The maximum atomic E-state index is 10.9. The van der Waals surface area contributed by atoms with Crippen molar-refractivity contribution in [3.8, 4) is 17.4 Å². The number of hydrogen-bond acceptors (Lipinski definition) is 5. The lowest BCUT2D eigenvalue weighted by Gasteiger charge is -1.95. The Hall–Kier alpha value is -1.69. The number of aromatic hydroxyl groups is 1. The van der Waals surface area contributed by atoms with Crippen molar-refractivity contribution in [1.29, 1.82) is 0 Å². The van der Waals surface area contributed by atoms with Crippen LogP contribution in [0.2, 0.25) is 0 Å². The molecule has 0 unspecified atom stereocenters. The first-order valence-corrected chi connectivity index (χ1v) is 4.39. The predicted octanol–water partition coefficient (Wildman–Crippen LogP) is 0.599. The van der Waals surface area contributed by atoms with Crippen molar-refractivity contribution in [3.63, 3.8) is 0 Å². The molecule has 2 N–H and O–H groups in total. The molecular weight excluding hydrogens is 190 g/mol. The largest absolute Gasteiger partial charge is 0.493 e. The summed E-state index contributed by atoms with van der Waals surface area (Å²) in [7, 11) is 0. The Kier molecular flexibility index (Phi) is 1.82. The van der Waals surface area contributed by atoms with Gasteiger partial charge in [-0.3, -0.25) is 4.79 Å². The fourth-order valence-corrected chi connectivity index (χ4v) is 1.43. The molecule has 0 fully saturated rings. The van der Waals surface area contributed by atoms with Crippen LogP contribution in [0.1, 0.15) is 0 Å². The van der Waals surface area contributed by atoms with Crippen LogP contribution in [0.15, 0.2) is 21.8 Å². The summed E-state index contributed by atoms with van der Waals surface area (Å²) in [6.07, 6.45) is 0. The summed E-state index contributed by atoms with van der Waals surface area (Å²) in [5, 5.41) is 10.8.